The van der Waals surface area contributed by atoms with Gasteiger partial charge in [0.05, 0.1) is 16.5 Å². The van der Waals surface area contributed by atoms with Crippen LogP contribution in [0.1, 0.15) is 23.6 Å². The summed E-state index contributed by atoms with van der Waals surface area (Å²) in [4.78, 5) is 29.5. The normalized spacial score (nSPS) is 18.3. The predicted octanol–water partition coefficient (Wildman–Crippen LogP) is 2.96. The lowest BCUT2D eigenvalue weighted by Crippen LogP contribution is -2.32. The van der Waals surface area contributed by atoms with Gasteiger partial charge in [-0.1, -0.05) is 23.7 Å². The first-order valence-corrected chi connectivity index (χ1v) is 12.5. The van der Waals surface area contributed by atoms with Gasteiger partial charge in [0.2, 0.25) is 10.0 Å². The topological polar surface area (TPSA) is 98.2 Å². The van der Waals surface area contributed by atoms with Crippen LogP contribution in [0.3, 0.4) is 0 Å². The van der Waals surface area contributed by atoms with Crippen molar-refractivity contribution in [3.05, 3.63) is 70.3 Å². The number of aliphatic hydroxyl groups excluding tert-OH is 1. The molecule has 0 bridgehead atoms. The summed E-state index contributed by atoms with van der Waals surface area (Å²) >= 11 is 6.03. The summed E-state index contributed by atoms with van der Waals surface area (Å²) in [5.41, 5.74) is 0.838. The molecule has 2 aromatic carbocycles. The third-order valence-electron chi connectivity index (χ3n) is 5.64. The van der Waals surface area contributed by atoms with Gasteiger partial charge in [0.1, 0.15) is 5.76 Å². The van der Waals surface area contributed by atoms with Gasteiger partial charge in [-0.15, -0.1) is 0 Å². The van der Waals surface area contributed by atoms with E-state index in [9.17, 15) is 23.1 Å². The van der Waals surface area contributed by atoms with Crippen LogP contribution in [-0.2, 0) is 19.6 Å². The minimum absolute atomic E-state index is 0.0413. The molecule has 0 radical (unpaired) electrons. The van der Waals surface area contributed by atoms with Crippen molar-refractivity contribution in [2.24, 2.45) is 0 Å². The summed E-state index contributed by atoms with van der Waals surface area (Å²) in [5.74, 6) is -1.83. The van der Waals surface area contributed by atoms with Crippen molar-refractivity contribution < 1.29 is 23.1 Å². The van der Waals surface area contributed by atoms with Gasteiger partial charge in [-0.3, -0.25) is 9.59 Å². The molecule has 1 atom stereocenters. The summed E-state index contributed by atoms with van der Waals surface area (Å²) in [7, 11) is 3.04. The number of ketones is 1. The Morgan fingerprint density at radius 3 is 2.12 bits per heavy atom. The van der Waals surface area contributed by atoms with E-state index in [1.54, 1.807) is 24.3 Å². The molecule has 2 aromatic rings. The Morgan fingerprint density at radius 1 is 1.00 bits per heavy atom. The van der Waals surface area contributed by atoms with E-state index in [4.69, 9.17) is 11.6 Å². The molecular weight excluding hydrogens is 478 g/mol. The molecule has 1 aliphatic heterocycles. The third kappa shape index (κ3) is 5.17. The molecule has 34 heavy (non-hydrogen) atoms. The fourth-order valence-corrected chi connectivity index (χ4v) is 4.84. The summed E-state index contributed by atoms with van der Waals surface area (Å²) < 4.78 is 25.8. The first kappa shape index (κ1) is 25.9. The highest BCUT2D eigenvalue weighted by Gasteiger charge is 2.45. The molecule has 0 aromatic heterocycles. The van der Waals surface area contributed by atoms with Crippen LogP contribution in [0.5, 0.6) is 0 Å². The Bertz CT molecular complexity index is 1210. The van der Waals surface area contributed by atoms with E-state index in [0.717, 1.165) is 10.8 Å². The van der Waals surface area contributed by atoms with E-state index in [0.29, 0.717) is 23.6 Å². The number of halogens is 1. The van der Waals surface area contributed by atoms with Gasteiger partial charge in [-0.25, -0.2) is 12.7 Å². The molecule has 0 spiro atoms. The zero-order valence-electron chi connectivity index (χ0n) is 19.5. The van der Waals surface area contributed by atoms with Gasteiger partial charge in [0.15, 0.2) is 0 Å². The average Bonchev–Trinajstić information content (AvgIpc) is 3.04. The van der Waals surface area contributed by atoms with Crippen molar-refractivity contribution in [1.29, 1.82) is 0 Å². The Balaban J connectivity index is 2.08. The number of carbonyl (C=O) groups excluding carboxylic acids is 2. The molecule has 8 nitrogen and oxygen atoms in total. The summed E-state index contributed by atoms with van der Waals surface area (Å²) in [6, 6.07) is 11.5. The maximum atomic E-state index is 13.0. The fraction of sp³-hybridized carbons (Fsp3) is 0.333. The van der Waals surface area contributed by atoms with Crippen LogP contribution in [0.15, 0.2) is 59.0 Å². The van der Waals surface area contributed by atoms with Gasteiger partial charge < -0.3 is 14.9 Å². The van der Waals surface area contributed by atoms with E-state index < -0.39 is 27.8 Å². The number of rotatable bonds is 8. The lowest BCUT2D eigenvalue weighted by molar-refractivity contribution is -0.139. The molecule has 182 valence electrons. The monoisotopic (exact) mass is 505 g/mol. The molecule has 0 unspecified atom stereocenters. The Labute approximate surface area is 205 Å². The maximum Gasteiger partial charge on any atom is 0.295 e. The largest absolute Gasteiger partial charge is 0.507 e. The second kappa shape index (κ2) is 10.3. The lowest BCUT2D eigenvalue weighted by atomic mass is 9.95. The summed E-state index contributed by atoms with van der Waals surface area (Å²) in [6.45, 7) is 1.05. The summed E-state index contributed by atoms with van der Waals surface area (Å²) in [5, 5.41) is 11.6. The minimum atomic E-state index is -3.65. The van der Waals surface area contributed by atoms with Crippen LogP contribution in [0.25, 0.3) is 5.76 Å². The van der Waals surface area contributed by atoms with Crippen molar-refractivity contribution in [1.82, 2.24) is 14.1 Å². The Morgan fingerprint density at radius 2 is 1.59 bits per heavy atom. The number of Topliss-reactive ketones (excluding diaryl/α,β-unsaturated/α-hetero) is 1. The molecule has 10 heteroatoms. The van der Waals surface area contributed by atoms with E-state index >= 15 is 0 Å². The van der Waals surface area contributed by atoms with Gasteiger partial charge in [0, 0.05) is 31.2 Å². The van der Waals surface area contributed by atoms with E-state index in [1.165, 1.54) is 43.3 Å². The number of benzene rings is 2. The van der Waals surface area contributed by atoms with E-state index in [1.807, 2.05) is 19.0 Å². The molecule has 1 fully saturated rings. The number of hydrogen-bond donors (Lipinski definition) is 1. The molecule has 0 saturated carbocycles. The highest BCUT2D eigenvalue weighted by atomic mass is 35.5. The molecule has 0 aliphatic carbocycles. The fourth-order valence-electron chi connectivity index (χ4n) is 3.81. The van der Waals surface area contributed by atoms with Crippen LogP contribution in [0.4, 0.5) is 0 Å². The highest BCUT2D eigenvalue weighted by Crippen LogP contribution is 2.39. The van der Waals surface area contributed by atoms with Crippen LogP contribution >= 0.6 is 11.6 Å². The number of amides is 1. The maximum absolute atomic E-state index is 13.0. The molecule has 3 rings (SSSR count). The standard InChI is InChI=1S/C24H28ClN3O5S/c1-26(2)14-5-15-28-21(16-6-10-18(25)11-7-16)20(23(30)24(28)31)22(29)17-8-12-19(13-9-17)34(32,33)27(3)4/h6-13,21,29H,5,14-15H2,1-4H3/t21-/m1/s1. The van der Waals surface area contributed by atoms with Crippen LogP contribution in [0.2, 0.25) is 5.02 Å². The zero-order chi connectivity index (χ0) is 25.2. The second-order valence-electron chi connectivity index (χ2n) is 8.51. The SMILES string of the molecule is CN(C)CCCN1C(=O)C(=O)C(=C(O)c2ccc(S(=O)(=O)N(C)C)cc2)[C@H]1c1ccc(Cl)cc1. The zero-order valence-corrected chi connectivity index (χ0v) is 21.1. The first-order chi connectivity index (χ1) is 15.9. The molecule has 1 N–H and O–H groups in total. The predicted molar refractivity (Wildman–Crippen MR) is 131 cm³/mol. The molecule has 1 aliphatic rings. The third-order valence-corrected chi connectivity index (χ3v) is 7.72. The first-order valence-electron chi connectivity index (χ1n) is 10.7. The molecule has 1 amide bonds. The van der Waals surface area contributed by atoms with Gasteiger partial charge >= 0.3 is 0 Å². The van der Waals surface area contributed by atoms with Gasteiger partial charge in [0.25, 0.3) is 11.7 Å². The molecule has 1 saturated heterocycles. The van der Waals surface area contributed by atoms with E-state index in [-0.39, 0.29) is 21.8 Å². The number of hydrogen-bond acceptors (Lipinski definition) is 6. The Hall–Kier alpha value is -2.72. The number of sulfonamides is 1. The van der Waals surface area contributed by atoms with Crippen LogP contribution in [0, 0.1) is 0 Å². The highest BCUT2D eigenvalue weighted by molar-refractivity contribution is 7.89. The van der Waals surface area contributed by atoms with Crippen LogP contribution in [-0.4, -0.2) is 80.6 Å². The van der Waals surface area contributed by atoms with Crippen molar-refractivity contribution in [3.63, 3.8) is 0 Å². The second-order valence-corrected chi connectivity index (χ2v) is 11.1. The number of carbonyl (C=O) groups is 2. The number of aliphatic hydroxyl groups is 1. The molecular formula is C24H28ClN3O5S. The van der Waals surface area contributed by atoms with Crippen LogP contribution < -0.4 is 0 Å². The lowest BCUT2D eigenvalue weighted by Gasteiger charge is -2.26. The Kier molecular flexibility index (Phi) is 7.82. The van der Waals surface area contributed by atoms with Gasteiger partial charge in [-0.05, 0) is 69.0 Å². The van der Waals surface area contributed by atoms with Gasteiger partial charge in [-0.2, -0.15) is 0 Å². The quantitative estimate of drug-likeness (QED) is 0.336. The van der Waals surface area contributed by atoms with E-state index in [2.05, 4.69) is 0 Å². The smallest absolute Gasteiger partial charge is 0.295 e. The van der Waals surface area contributed by atoms with Crippen molar-refractivity contribution in [2.75, 3.05) is 41.3 Å². The van der Waals surface area contributed by atoms with Crippen molar-refractivity contribution >= 4 is 39.1 Å². The van der Waals surface area contributed by atoms with Crippen molar-refractivity contribution in [2.45, 2.75) is 17.4 Å². The number of nitrogens with zero attached hydrogens (tertiary/aromatic N) is 3. The minimum Gasteiger partial charge on any atom is -0.507 e. The summed E-state index contributed by atoms with van der Waals surface area (Å²) in [6.07, 6.45) is 0.640. The average molecular weight is 506 g/mol. The number of likely N-dealkylation sites (tertiary alicyclic amines) is 1. The van der Waals surface area contributed by atoms with Crippen molar-refractivity contribution in [3.8, 4) is 0 Å². The molecule has 1 heterocycles.